The second kappa shape index (κ2) is 7.40. The van der Waals surface area contributed by atoms with E-state index in [0.717, 1.165) is 11.8 Å². The number of halogens is 1. The van der Waals surface area contributed by atoms with Crippen LogP contribution in [0.1, 0.15) is 33.9 Å². The fourth-order valence-corrected chi connectivity index (χ4v) is 3.18. The molecule has 0 spiro atoms. The second-order valence-corrected chi connectivity index (χ2v) is 6.53. The molecule has 0 radical (unpaired) electrons. The van der Waals surface area contributed by atoms with E-state index in [0.29, 0.717) is 21.5 Å². The van der Waals surface area contributed by atoms with Gasteiger partial charge >= 0.3 is 0 Å². The van der Waals surface area contributed by atoms with Gasteiger partial charge in [0.25, 0.3) is 5.91 Å². The van der Waals surface area contributed by atoms with Gasteiger partial charge in [0, 0.05) is 0 Å². The lowest BCUT2D eigenvalue weighted by Crippen LogP contribution is -2.26. The lowest BCUT2D eigenvalue weighted by Gasteiger charge is -2.13. The molecule has 25 heavy (non-hydrogen) atoms. The molecule has 1 atom stereocenters. The van der Waals surface area contributed by atoms with Crippen LogP contribution in [0.2, 0.25) is 0 Å². The first-order valence-electron chi connectivity index (χ1n) is 7.75. The molecule has 0 unspecified atom stereocenters. The number of thiazole rings is 1. The molecule has 2 heterocycles. The lowest BCUT2D eigenvalue weighted by atomic mass is 10.1. The molecule has 2 N–H and O–H groups in total. The van der Waals surface area contributed by atoms with Crippen LogP contribution in [0, 0.1) is 12.7 Å². The van der Waals surface area contributed by atoms with Gasteiger partial charge in [0.1, 0.15) is 16.5 Å². The SMILES string of the molecule is Cc1nc(Nc2ccc(F)cn2)sc1C(=O)N[C@@H](C)c1ccccc1. The van der Waals surface area contributed by atoms with E-state index in [-0.39, 0.29) is 11.9 Å². The summed E-state index contributed by atoms with van der Waals surface area (Å²) < 4.78 is 12.9. The van der Waals surface area contributed by atoms with Crippen LogP contribution in [-0.2, 0) is 0 Å². The van der Waals surface area contributed by atoms with Crippen LogP contribution in [0.15, 0.2) is 48.7 Å². The Labute approximate surface area is 149 Å². The Morgan fingerprint density at radius 3 is 2.64 bits per heavy atom. The molecule has 3 aromatic rings. The lowest BCUT2D eigenvalue weighted by molar-refractivity contribution is 0.0943. The summed E-state index contributed by atoms with van der Waals surface area (Å²) in [5.41, 5.74) is 1.67. The first kappa shape index (κ1) is 17.0. The van der Waals surface area contributed by atoms with E-state index in [4.69, 9.17) is 0 Å². The Morgan fingerprint density at radius 2 is 1.96 bits per heavy atom. The van der Waals surface area contributed by atoms with Crippen molar-refractivity contribution in [1.82, 2.24) is 15.3 Å². The minimum Gasteiger partial charge on any atom is -0.345 e. The molecule has 7 heteroatoms. The van der Waals surface area contributed by atoms with E-state index in [9.17, 15) is 9.18 Å². The Bertz CT molecular complexity index is 865. The summed E-state index contributed by atoms with van der Waals surface area (Å²) in [6.07, 6.45) is 1.12. The van der Waals surface area contributed by atoms with Crippen molar-refractivity contribution in [2.24, 2.45) is 0 Å². The molecule has 0 bridgehead atoms. The van der Waals surface area contributed by atoms with Crippen LogP contribution in [-0.4, -0.2) is 15.9 Å². The van der Waals surface area contributed by atoms with Gasteiger partial charge in [-0.05, 0) is 31.5 Å². The van der Waals surface area contributed by atoms with E-state index in [1.165, 1.54) is 23.5 Å². The number of aryl methyl sites for hydroxylation is 1. The number of carbonyl (C=O) groups is 1. The minimum atomic E-state index is -0.407. The maximum atomic E-state index is 12.9. The maximum absolute atomic E-state index is 12.9. The van der Waals surface area contributed by atoms with Crippen molar-refractivity contribution in [3.05, 3.63) is 70.6 Å². The predicted molar refractivity (Wildman–Crippen MR) is 96.7 cm³/mol. The van der Waals surface area contributed by atoms with Crippen molar-refractivity contribution in [3.63, 3.8) is 0 Å². The summed E-state index contributed by atoms with van der Waals surface area (Å²) in [4.78, 5) is 21.3. The molecule has 1 aromatic carbocycles. The van der Waals surface area contributed by atoms with Gasteiger partial charge in [-0.25, -0.2) is 14.4 Å². The first-order chi connectivity index (χ1) is 12.0. The number of nitrogens with zero attached hydrogens (tertiary/aromatic N) is 2. The fourth-order valence-electron chi connectivity index (χ4n) is 2.31. The molecule has 0 fully saturated rings. The van der Waals surface area contributed by atoms with E-state index >= 15 is 0 Å². The van der Waals surface area contributed by atoms with Gasteiger partial charge in [-0.3, -0.25) is 4.79 Å². The standard InChI is InChI=1S/C18H17FN4OS/c1-11(13-6-4-3-5-7-13)21-17(24)16-12(2)22-18(25-16)23-15-9-8-14(19)10-20-15/h3-11H,1-2H3,(H,21,24)(H,20,22,23)/t11-/m0/s1. The zero-order valence-electron chi connectivity index (χ0n) is 13.8. The number of rotatable bonds is 5. The highest BCUT2D eigenvalue weighted by Crippen LogP contribution is 2.25. The van der Waals surface area contributed by atoms with Crippen LogP contribution in [0.5, 0.6) is 0 Å². The number of amides is 1. The van der Waals surface area contributed by atoms with Crippen molar-refractivity contribution < 1.29 is 9.18 Å². The summed E-state index contributed by atoms with van der Waals surface area (Å²) in [6, 6.07) is 12.5. The number of anilines is 2. The van der Waals surface area contributed by atoms with E-state index in [1.54, 1.807) is 6.92 Å². The van der Waals surface area contributed by atoms with Crippen molar-refractivity contribution in [2.75, 3.05) is 5.32 Å². The molecular formula is C18H17FN4OS. The molecule has 0 aliphatic carbocycles. The number of hydrogen-bond acceptors (Lipinski definition) is 5. The van der Waals surface area contributed by atoms with Gasteiger partial charge < -0.3 is 10.6 Å². The summed E-state index contributed by atoms with van der Waals surface area (Å²) in [7, 11) is 0. The van der Waals surface area contributed by atoms with Crippen LogP contribution in [0.4, 0.5) is 15.3 Å². The molecule has 0 saturated heterocycles. The Morgan fingerprint density at radius 1 is 1.20 bits per heavy atom. The normalized spacial score (nSPS) is 11.8. The quantitative estimate of drug-likeness (QED) is 0.718. The van der Waals surface area contributed by atoms with Crippen LogP contribution in [0.3, 0.4) is 0 Å². The third-order valence-corrected chi connectivity index (χ3v) is 4.68. The van der Waals surface area contributed by atoms with Crippen LogP contribution in [0.25, 0.3) is 0 Å². The second-order valence-electron chi connectivity index (χ2n) is 5.53. The molecule has 2 aromatic heterocycles. The fraction of sp³-hybridized carbons (Fsp3) is 0.167. The third-order valence-electron chi connectivity index (χ3n) is 3.61. The number of pyridine rings is 1. The topological polar surface area (TPSA) is 66.9 Å². The van der Waals surface area contributed by atoms with E-state index in [1.807, 2.05) is 37.3 Å². The summed E-state index contributed by atoms with van der Waals surface area (Å²) in [6.45, 7) is 3.72. The van der Waals surface area contributed by atoms with Crippen molar-refractivity contribution in [1.29, 1.82) is 0 Å². The van der Waals surface area contributed by atoms with Gasteiger partial charge in [0.05, 0.1) is 17.9 Å². The number of benzene rings is 1. The van der Waals surface area contributed by atoms with Gasteiger partial charge in [-0.15, -0.1) is 0 Å². The zero-order chi connectivity index (χ0) is 17.8. The zero-order valence-corrected chi connectivity index (χ0v) is 14.6. The highest BCUT2D eigenvalue weighted by molar-refractivity contribution is 7.17. The monoisotopic (exact) mass is 356 g/mol. The average Bonchev–Trinajstić information content (AvgIpc) is 2.98. The van der Waals surface area contributed by atoms with E-state index in [2.05, 4.69) is 20.6 Å². The average molecular weight is 356 g/mol. The first-order valence-corrected chi connectivity index (χ1v) is 8.56. The van der Waals surface area contributed by atoms with Crippen LogP contribution < -0.4 is 10.6 Å². The van der Waals surface area contributed by atoms with Gasteiger partial charge in [0.2, 0.25) is 0 Å². The molecule has 5 nitrogen and oxygen atoms in total. The molecule has 0 aliphatic rings. The summed E-state index contributed by atoms with van der Waals surface area (Å²) in [5.74, 6) is -0.109. The third kappa shape index (κ3) is 4.19. The van der Waals surface area contributed by atoms with Gasteiger partial charge in [0.15, 0.2) is 5.13 Å². The number of hydrogen-bond donors (Lipinski definition) is 2. The smallest absolute Gasteiger partial charge is 0.263 e. The number of aromatic nitrogens is 2. The highest BCUT2D eigenvalue weighted by Gasteiger charge is 2.18. The summed E-state index contributed by atoms with van der Waals surface area (Å²) >= 11 is 1.24. The van der Waals surface area contributed by atoms with Crippen LogP contribution >= 0.6 is 11.3 Å². The van der Waals surface area contributed by atoms with Crippen molar-refractivity contribution in [2.45, 2.75) is 19.9 Å². The molecule has 0 saturated carbocycles. The molecule has 3 rings (SSSR count). The van der Waals surface area contributed by atoms with Crippen molar-refractivity contribution >= 4 is 28.2 Å². The van der Waals surface area contributed by atoms with Gasteiger partial charge in [-0.1, -0.05) is 41.7 Å². The van der Waals surface area contributed by atoms with Gasteiger partial charge in [-0.2, -0.15) is 0 Å². The van der Waals surface area contributed by atoms with Crippen molar-refractivity contribution in [3.8, 4) is 0 Å². The molecule has 0 aliphatic heterocycles. The summed E-state index contributed by atoms with van der Waals surface area (Å²) in [5, 5.41) is 6.49. The highest BCUT2D eigenvalue weighted by atomic mass is 32.1. The Kier molecular flexibility index (Phi) is 5.04. The largest absolute Gasteiger partial charge is 0.345 e. The number of carbonyl (C=O) groups excluding carboxylic acids is 1. The minimum absolute atomic E-state index is 0.106. The predicted octanol–water partition coefficient (Wildman–Crippen LogP) is 4.22. The molecular weight excluding hydrogens is 339 g/mol. The number of nitrogens with one attached hydrogen (secondary N) is 2. The Balaban J connectivity index is 1.71. The molecule has 1 amide bonds. The van der Waals surface area contributed by atoms with E-state index < -0.39 is 5.82 Å². The maximum Gasteiger partial charge on any atom is 0.263 e. The molecule has 128 valence electrons. The Hall–Kier alpha value is -2.80.